The summed E-state index contributed by atoms with van der Waals surface area (Å²) >= 11 is 0. The molecule has 0 amide bonds. The Bertz CT molecular complexity index is 313. The largest absolute Gasteiger partial charge is 0.370 e. The van der Waals surface area contributed by atoms with Gasteiger partial charge in [0.25, 0.3) is 0 Å². The van der Waals surface area contributed by atoms with Crippen molar-refractivity contribution in [2.24, 2.45) is 22.6 Å². The zero-order valence-corrected chi connectivity index (χ0v) is 16.1. The second kappa shape index (κ2) is 9.87. The Balaban J connectivity index is 0.00000220. The number of rotatable bonds is 4. The van der Waals surface area contributed by atoms with E-state index in [0.29, 0.717) is 0 Å². The van der Waals surface area contributed by atoms with Crippen LogP contribution in [0, 0.1) is 11.8 Å². The van der Waals surface area contributed by atoms with Crippen LogP contribution in [0.15, 0.2) is 4.99 Å². The normalized spacial score (nSPS) is 25.7. The molecule has 124 valence electrons. The second-order valence-electron chi connectivity index (χ2n) is 6.60. The fourth-order valence-electron chi connectivity index (χ4n) is 3.45. The van der Waals surface area contributed by atoms with Gasteiger partial charge in [0, 0.05) is 19.6 Å². The molecule has 5 heteroatoms. The lowest BCUT2D eigenvalue weighted by Crippen LogP contribution is -2.43. The number of guanidine groups is 1. The Morgan fingerprint density at radius 2 is 1.90 bits per heavy atom. The van der Waals surface area contributed by atoms with Crippen LogP contribution in [-0.4, -0.2) is 55.0 Å². The van der Waals surface area contributed by atoms with Crippen LogP contribution < -0.4 is 5.73 Å². The van der Waals surface area contributed by atoms with Gasteiger partial charge < -0.3 is 15.5 Å². The molecule has 0 aromatic carbocycles. The summed E-state index contributed by atoms with van der Waals surface area (Å²) < 4.78 is 0. The molecule has 1 unspecified atom stereocenters. The molecule has 0 aromatic rings. The zero-order valence-electron chi connectivity index (χ0n) is 13.8. The molecule has 0 aromatic heterocycles. The van der Waals surface area contributed by atoms with Crippen molar-refractivity contribution in [2.45, 2.75) is 46.0 Å². The molecule has 2 aliphatic rings. The van der Waals surface area contributed by atoms with Gasteiger partial charge in [0.15, 0.2) is 5.96 Å². The smallest absolute Gasteiger partial charge is 0.191 e. The van der Waals surface area contributed by atoms with Crippen LogP contribution in [0.2, 0.25) is 0 Å². The molecule has 21 heavy (non-hydrogen) atoms. The van der Waals surface area contributed by atoms with E-state index in [9.17, 15) is 0 Å². The molecule has 2 aliphatic heterocycles. The standard InChI is InChI=1S/C16H32N4.HI/c1-3-19-11-7-15(8-12-19)6-9-18-16(17)20-10-4-5-14(2)13-20;/h14-15H,3-13H2,1-2H3,(H2,17,18);1H. The molecule has 0 radical (unpaired) electrons. The molecule has 2 N–H and O–H groups in total. The highest BCUT2D eigenvalue weighted by Crippen LogP contribution is 2.20. The van der Waals surface area contributed by atoms with Crippen molar-refractivity contribution in [3.05, 3.63) is 0 Å². The quantitative estimate of drug-likeness (QED) is 0.442. The summed E-state index contributed by atoms with van der Waals surface area (Å²) in [5.41, 5.74) is 6.14. The number of likely N-dealkylation sites (tertiary alicyclic amines) is 2. The molecular formula is C16H33IN4. The molecule has 4 nitrogen and oxygen atoms in total. The maximum absolute atomic E-state index is 6.14. The number of nitrogens with two attached hydrogens (primary N) is 1. The van der Waals surface area contributed by atoms with E-state index in [2.05, 4.69) is 28.6 Å². The summed E-state index contributed by atoms with van der Waals surface area (Å²) in [6.45, 7) is 11.4. The molecule has 2 heterocycles. The van der Waals surface area contributed by atoms with E-state index in [1.807, 2.05) is 0 Å². The van der Waals surface area contributed by atoms with Crippen molar-refractivity contribution in [1.82, 2.24) is 9.80 Å². The molecule has 0 spiro atoms. The third-order valence-corrected chi connectivity index (χ3v) is 4.95. The molecule has 2 fully saturated rings. The number of aliphatic imine (C=N–C) groups is 1. The highest BCUT2D eigenvalue weighted by Gasteiger charge is 2.19. The minimum absolute atomic E-state index is 0. The second-order valence-corrected chi connectivity index (χ2v) is 6.60. The molecule has 2 rings (SSSR count). The molecule has 0 saturated carbocycles. The van der Waals surface area contributed by atoms with Crippen LogP contribution in [0.5, 0.6) is 0 Å². The lowest BCUT2D eigenvalue weighted by molar-refractivity contribution is 0.188. The maximum Gasteiger partial charge on any atom is 0.191 e. The fourth-order valence-corrected chi connectivity index (χ4v) is 3.45. The first-order valence-corrected chi connectivity index (χ1v) is 8.46. The SMILES string of the molecule is CCN1CCC(CCN=C(N)N2CCCC(C)C2)CC1.I. The first kappa shape index (κ1) is 19.0. The van der Waals surface area contributed by atoms with Gasteiger partial charge in [0.2, 0.25) is 0 Å². The van der Waals surface area contributed by atoms with Gasteiger partial charge in [-0.1, -0.05) is 13.8 Å². The van der Waals surface area contributed by atoms with Gasteiger partial charge in [-0.05, 0) is 63.6 Å². The fraction of sp³-hybridized carbons (Fsp3) is 0.938. The average molecular weight is 408 g/mol. The topological polar surface area (TPSA) is 44.9 Å². The van der Waals surface area contributed by atoms with Gasteiger partial charge in [-0.2, -0.15) is 0 Å². The Kier molecular flexibility index (Phi) is 8.94. The minimum atomic E-state index is 0. The molecule has 2 saturated heterocycles. The Hall–Kier alpha value is -0.0400. The molecule has 0 aliphatic carbocycles. The molecular weight excluding hydrogens is 375 g/mol. The summed E-state index contributed by atoms with van der Waals surface area (Å²) in [5, 5.41) is 0. The zero-order chi connectivity index (χ0) is 14.4. The number of piperidine rings is 2. The van der Waals surface area contributed by atoms with Gasteiger partial charge in [-0.25, -0.2) is 0 Å². The van der Waals surface area contributed by atoms with E-state index in [0.717, 1.165) is 37.4 Å². The summed E-state index contributed by atoms with van der Waals surface area (Å²) in [6, 6.07) is 0. The van der Waals surface area contributed by atoms with E-state index in [1.54, 1.807) is 0 Å². The third-order valence-electron chi connectivity index (χ3n) is 4.95. The van der Waals surface area contributed by atoms with Crippen LogP contribution in [0.3, 0.4) is 0 Å². The number of hydrogen-bond acceptors (Lipinski definition) is 2. The first-order chi connectivity index (χ1) is 9.69. The van der Waals surface area contributed by atoms with Gasteiger partial charge in [-0.15, -0.1) is 24.0 Å². The van der Waals surface area contributed by atoms with Crippen molar-refractivity contribution in [3.8, 4) is 0 Å². The summed E-state index contributed by atoms with van der Waals surface area (Å²) in [6.07, 6.45) is 6.47. The van der Waals surface area contributed by atoms with Crippen LogP contribution in [0.4, 0.5) is 0 Å². The van der Waals surface area contributed by atoms with Crippen LogP contribution in [-0.2, 0) is 0 Å². The summed E-state index contributed by atoms with van der Waals surface area (Å²) in [7, 11) is 0. The van der Waals surface area contributed by atoms with Crippen molar-refractivity contribution in [2.75, 3.05) is 39.3 Å². The van der Waals surface area contributed by atoms with Crippen molar-refractivity contribution in [3.63, 3.8) is 0 Å². The van der Waals surface area contributed by atoms with E-state index < -0.39 is 0 Å². The van der Waals surface area contributed by atoms with Gasteiger partial charge in [-0.3, -0.25) is 4.99 Å². The molecule has 1 atom stereocenters. The number of halogens is 1. The predicted octanol–water partition coefficient (Wildman–Crippen LogP) is 2.77. The van der Waals surface area contributed by atoms with E-state index in [1.165, 1.54) is 51.7 Å². The number of hydrogen-bond donors (Lipinski definition) is 1. The van der Waals surface area contributed by atoms with Gasteiger partial charge in [0.1, 0.15) is 0 Å². The van der Waals surface area contributed by atoms with Crippen LogP contribution >= 0.6 is 24.0 Å². The third kappa shape index (κ3) is 6.30. The van der Waals surface area contributed by atoms with Gasteiger partial charge >= 0.3 is 0 Å². The van der Waals surface area contributed by atoms with Crippen molar-refractivity contribution < 1.29 is 0 Å². The monoisotopic (exact) mass is 408 g/mol. The maximum atomic E-state index is 6.14. The van der Waals surface area contributed by atoms with E-state index in [4.69, 9.17) is 5.73 Å². The summed E-state index contributed by atoms with van der Waals surface area (Å²) in [4.78, 5) is 9.44. The summed E-state index contributed by atoms with van der Waals surface area (Å²) in [5.74, 6) is 2.40. The lowest BCUT2D eigenvalue weighted by atomic mass is 9.94. The first-order valence-electron chi connectivity index (χ1n) is 8.46. The van der Waals surface area contributed by atoms with Crippen LogP contribution in [0.1, 0.15) is 46.0 Å². The van der Waals surface area contributed by atoms with Gasteiger partial charge in [0.05, 0.1) is 0 Å². The Morgan fingerprint density at radius 1 is 1.19 bits per heavy atom. The highest BCUT2D eigenvalue weighted by atomic mass is 127. The van der Waals surface area contributed by atoms with E-state index in [-0.39, 0.29) is 24.0 Å². The Morgan fingerprint density at radius 3 is 2.52 bits per heavy atom. The lowest BCUT2D eigenvalue weighted by Gasteiger charge is -2.32. The number of nitrogens with zero attached hydrogens (tertiary/aromatic N) is 3. The highest BCUT2D eigenvalue weighted by molar-refractivity contribution is 14.0. The Labute approximate surface area is 147 Å². The predicted molar refractivity (Wildman–Crippen MR) is 101 cm³/mol. The van der Waals surface area contributed by atoms with Crippen molar-refractivity contribution in [1.29, 1.82) is 0 Å². The van der Waals surface area contributed by atoms with E-state index >= 15 is 0 Å². The minimum Gasteiger partial charge on any atom is -0.370 e. The average Bonchev–Trinajstić information content (AvgIpc) is 2.48. The van der Waals surface area contributed by atoms with Crippen molar-refractivity contribution >= 4 is 29.9 Å². The van der Waals surface area contributed by atoms with Crippen LogP contribution in [0.25, 0.3) is 0 Å². The molecule has 0 bridgehead atoms.